The van der Waals surface area contributed by atoms with E-state index in [0.717, 1.165) is 19.3 Å². The number of aromatic hydroxyl groups is 1. The molecular formula is C34H31F3N6O3. The number of ether oxygens (including phenoxy) is 1. The van der Waals surface area contributed by atoms with E-state index in [2.05, 4.69) is 26.1 Å². The number of anilines is 1. The number of terminal acetylenes is 1. The monoisotopic (exact) mass is 628 g/mol. The van der Waals surface area contributed by atoms with Gasteiger partial charge in [0.25, 0.3) is 0 Å². The van der Waals surface area contributed by atoms with Gasteiger partial charge in [0.15, 0.2) is 5.82 Å². The lowest BCUT2D eigenvalue weighted by molar-refractivity contribution is 0.169. The van der Waals surface area contributed by atoms with Gasteiger partial charge < -0.3 is 20.1 Å². The largest absolute Gasteiger partial charge is 0.508 e. The van der Waals surface area contributed by atoms with Crippen LogP contribution in [-0.2, 0) is 6.54 Å². The van der Waals surface area contributed by atoms with E-state index < -0.39 is 29.0 Å². The zero-order valence-corrected chi connectivity index (χ0v) is 24.9. The molecule has 5 aliphatic heterocycles. The predicted molar refractivity (Wildman–Crippen MR) is 166 cm³/mol. The maximum absolute atomic E-state index is 17.5. The molecule has 0 unspecified atom stereocenters. The number of halogens is 3. The van der Waals surface area contributed by atoms with Crippen molar-refractivity contribution in [1.29, 1.82) is 0 Å². The van der Waals surface area contributed by atoms with Crippen molar-refractivity contribution in [2.75, 3.05) is 31.1 Å². The summed E-state index contributed by atoms with van der Waals surface area (Å²) >= 11 is 0. The lowest BCUT2D eigenvalue weighted by Gasteiger charge is -2.40. The predicted octanol–water partition coefficient (Wildman–Crippen LogP) is 3.85. The highest BCUT2D eigenvalue weighted by molar-refractivity contribution is 6.04. The average molecular weight is 629 g/mol. The topological polar surface area (TPSA) is 95.8 Å². The van der Waals surface area contributed by atoms with E-state index in [9.17, 15) is 14.3 Å². The Kier molecular flexibility index (Phi) is 5.97. The first kappa shape index (κ1) is 27.9. The molecular weight excluding hydrogens is 597 g/mol. The van der Waals surface area contributed by atoms with E-state index in [4.69, 9.17) is 11.2 Å². The highest BCUT2D eigenvalue weighted by Crippen LogP contribution is 2.46. The summed E-state index contributed by atoms with van der Waals surface area (Å²) < 4.78 is 55.0. The van der Waals surface area contributed by atoms with Crippen LogP contribution < -0.4 is 20.6 Å². The Hall–Kier alpha value is -4.34. The molecule has 5 aliphatic rings. The first-order valence-corrected chi connectivity index (χ1v) is 15.9. The number of piperazine rings is 1. The minimum Gasteiger partial charge on any atom is -0.508 e. The van der Waals surface area contributed by atoms with Gasteiger partial charge in [-0.15, -0.1) is 6.42 Å². The normalized spacial score (nSPS) is 28.3. The molecule has 2 N–H and O–H groups in total. The first-order chi connectivity index (χ1) is 22.2. The molecule has 2 bridgehead atoms. The van der Waals surface area contributed by atoms with Crippen molar-refractivity contribution in [3.63, 3.8) is 0 Å². The first-order valence-electron chi connectivity index (χ1n) is 15.9. The number of hydrogen-bond donors (Lipinski definition) is 2. The molecule has 0 spiro atoms. The number of nitrogens with one attached hydrogen (secondary N) is 1. The number of phenolic OH excluding ortho intramolecular Hbond substituents is 1. The summed E-state index contributed by atoms with van der Waals surface area (Å²) in [6, 6.07) is 5.49. The van der Waals surface area contributed by atoms with Gasteiger partial charge in [0.2, 0.25) is 5.88 Å². The Morgan fingerprint density at radius 3 is 2.89 bits per heavy atom. The summed E-state index contributed by atoms with van der Waals surface area (Å²) in [5, 5.41) is 15.2. The fourth-order valence-corrected chi connectivity index (χ4v) is 8.94. The third-order valence-electron chi connectivity index (χ3n) is 10.9. The van der Waals surface area contributed by atoms with Crippen LogP contribution in [0.25, 0.3) is 32.9 Å². The molecule has 0 amide bonds. The van der Waals surface area contributed by atoms with Gasteiger partial charge >= 0.3 is 5.69 Å². The number of rotatable bonds is 3. The summed E-state index contributed by atoms with van der Waals surface area (Å²) in [6.07, 6.45) is 8.32. The molecule has 2 aromatic carbocycles. The summed E-state index contributed by atoms with van der Waals surface area (Å²) in [6.45, 7) is 1.79. The number of hydrogen-bond acceptors (Lipinski definition) is 8. The summed E-state index contributed by atoms with van der Waals surface area (Å²) in [5.74, 6) is 1.04. The van der Waals surface area contributed by atoms with Crippen LogP contribution >= 0.6 is 0 Å². The second-order valence-electron chi connectivity index (χ2n) is 13.4. The van der Waals surface area contributed by atoms with Gasteiger partial charge in [-0.3, -0.25) is 9.47 Å². The number of fused-ring (bicyclic) bond motifs is 7. The van der Waals surface area contributed by atoms with Crippen molar-refractivity contribution in [3.8, 4) is 35.2 Å². The number of nitrogens with zero attached hydrogens (tertiary/aromatic N) is 5. The molecule has 236 valence electrons. The molecule has 46 heavy (non-hydrogen) atoms. The van der Waals surface area contributed by atoms with Crippen LogP contribution in [0.15, 0.2) is 29.1 Å². The van der Waals surface area contributed by atoms with Crippen LogP contribution in [0.2, 0.25) is 0 Å². The third kappa shape index (κ3) is 3.88. The molecule has 12 heteroatoms. The van der Waals surface area contributed by atoms with E-state index in [1.807, 2.05) is 4.90 Å². The lowest BCUT2D eigenvalue weighted by Crippen LogP contribution is -2.60. The van der Waals surface area contributed by atoms with E-state index >= 15 is 8.78 Å². The molecule has 0 saturated carbocycles. The maximum Gasteiger partial charge on any atom is 0.350 e. The molecule has 0 aliphatic carbocycles. The van der Waals surface area contributed by atoms with Crippen molar-refractivity contribution < 1.29 is 23.0 Å². The van der Waals surface area contributed by atoms with Crippen LogP contribution in [0.3, 0.4) is 0 Å². The van der Waals surface area contributed by atoms with Crippen LogP contribution in [0, 0.1) is 24.0 Å². The zero-order chi connectivity index (χ0) is 31.5. The SMILES string of the molecule is C#Cc1c(F)ccc2cc(O)cc(-c3nc4c5c(nc(=O)n(C[C@@]67CCCN6C[C@H](F)C7)c5c3F)N3C[C@H]5CC[C@H](N5)[C@H]3CO4)c12. The summed E-state index contributed by atoms with van der Waals surface area (Å²) in [5.41, 5.74) is -1.65. The van der Waals surface area contributed by atoms with Crippen molar-refractivity contribution >= 4 is 27.5 Å². The molecule has 4 aromatic rings. The van der Waals surface area contributed by atoms with Crippen LogP contribution in [0.1, 0.15) is 37.7 Å². The molecule has 2 aromatic heterocycles. The van der Waals surface area contributed by atoms with Gasteiger partial charge in [-0.05, 0) is 62.2 Å². The fourth-order valence-electron chi connectivity index (χ4n) is 8.94. The molecule has 9 rings (SSSR count). The quantitative estimate of drug-likeness (QED) is 0.331. The van der Waals surface area contributed by atoms with Crippen molar-refractivity contribution in [3.05, 3.63) is 51.9 Å². The van der Waals surface area contributed by atoms with Crippen LogP contribution in [0.5, 0.6) is 11.6 Å². The zero-order valence-electron chi connectivity index (χ0n) is 24.9. The summed E-state index contributed by atoms with van der Waals surface area (Å²) in [7, 11) is 0. The molecule has 4 fully saturated rings. The van der Waals surface area contributed by atoms with Gasteiger partial charge in [-0.2, -0.15) is 4.98 Å². The van der Waals surface area contributed by atoms with Gasteiger partial charge in [-0.25, -0.2) is 22.9 Å². The highest BCUT2D eigenvalue weighted by Gasteiger charge is 2.50. The number of aromatic nitrogens is 3. The number of phenols is 1. The minimum absolute atomic E-state index is 0.0388. The third-order valence-corrected chi connectivity index (χ3v) is 10.9. The number of pyridine rings is 1. The van der Waals surface area contributed by atoms with Crippen LogP contribution in [0.4, 0.5) is 19.0 Å². The van der Waals surface area contributed by atoms with E-state index in [0.29, 0.717) is 30.7 Å². The van der Waals surface area contributed by atoms with E-state index in [1.165, 1.54) is 28.8 Å². The van der Waals surface area contributed by atoms with Gasteiger partial charge in [0, 0.05) is 48.2 Å². The van der Waals surface area contributed by atoms with E-state index in [-0.39, 0.29) is 89.0 Å². The number of alkyl halides is 1. The lowest BCUT2D eigenvalue weighted by atomic mass is 9.93. The minimum atomic E-state index is -1.05. The smallest absolute Gasteiger partial charge is 0.350 e. The molecule has 7 heterocycles. The van der Waals surface area contributed by atoms with Gasteiger partial charge in [0.05, 0.1) is 11.6 Å². The highest BCUT2D eigenvalue weighted by atomic mass is 19.1. The van der Waals surface area contributed by atoms with Crippen molar-refractivity contribution in [1.82, 2.24) is 24.8 Å². The Labute approximate surface area is 262 Å². The molecule has 4 saturated heterocycles. The van der Waals surface area contributed by atoms with Crippen LogP contribution in [-0.4, -0.2) is 80.6 Å². The Bertz CT molecular complexity index is 2080. The van der Waals surface area contributed by atoms with E-state index in [1.54, 1.807) is 0 Å². The average Bonchev–Trinajstić information content (AvgIpc) is 3.66. The summed E-state index contributed by atoms with van der Waals surface area (Å²) in [4.78, 5) is 27.5. The Morgan fingerprint density at radius 2 is 2.04 bits per heavy atom. The maximum atomic E-state index is 17.5. The fraction of sp³-hybridized carbons (Fsp3) is 0.441. The second-order valence-corrected chi connectivity index (χ2v) is 13.4. The Morgan fingerprint density at radius 1 is 1.17 bits per heavy atom. The van der Waals surface area contributed by atoms with Gasteiger partial charge in [-0.1, -0.05) is 12.0 Å². The number of benzene rings is 2. The second kappa shape index (κ2) is 9.83. The Balaban J connectivity index is 1.35. The molecule has 5 atom stereocenters. The molecule has 0 radical (unpaired) electrons. The van der Waals surface area contributed by atoms with Crippen molar-refractivity contribution in [2.24, 2.45) is 0 Å². The molecule has 9 nitrogen and oxygen atoms in total. The van der Waals surface area contributed by atoms with Gasteiger partial charge in [0.1, 0.15) is 46.8 Å². The van der Waals surface area contributed by atoms with Crippen molar-refractivity contribution in [2.45, 2.75) is 68.5 Å². The standard InChI is InChI=1S/C34H31F3N6O3/c1-2-21-23(36)6-4-17-10-20(44)11-22(26(17)21)29-28(37)30-27-31(42-14-19-5-7-24(38-19)25(42)15-46-32(27)39-29)40-33(45)43(30)16-34-8-3-9-41(34)13-18(35)12-34/h1,4,6,10-11,18-19,24-25,38,44H,3,5,7-9,12-16H2/t18-,19-,24+,25-,34+/m1/s1.